The Labute approximate surface area is 119 Å². The van der Waals surface area contributed by atoms with Crippen LogP contribution in [0, 0.1) is 5.92 Å². The number of carbonyl (C=O) groups is 1. The molecule has 0 saturated heterocycles. The maximum absolute atomic E-state index is 12.2. The largest absolute Gasteiger partial charge is 0.496 e. The first kappa shape index (κ1) is 15.4. The van der Waals surface area contributed by atoms with Crippen LogP contribution in [0.25, 0.3) is 0 Å². The Bertz CT molecular complexity index is 463. The van der Waals surface area contributed by atoms with Gasteiger partial charge in [0.05, 0.1) is 18.0 Å². The number of para-hydroxylation sites is 1. The smallest absolute Gasteiger partial charge is 0.232 e. The second-order valence-electron chi connectivity index (χ2n) is 4.37. The van der Waals surface area contributed by atoms with E-state index in [0.717, 1.165) is 11.3 Å². The van der Waals surface area contributed by atoms with Gasteiger partial charge in [0.25, 0.3) is 0 Å². The monoisotopic (exact) mass is 280 g/mol. The summed E-state index contributed by atoms with van der Waals surface area (Å²) in [5.41, 5.74) is 6.55. The molecule has 0 saturated carbocycles. The van der Waals surface area contributed by atoms with Crippen LogP contribution >= 0.6 is 12.2 Å². The van der Waals surface area contributed by atoms with Gasteiger partial charge in [-0.15, -0.1) is 0 Å². The summed E-state index contributed by atoms with van der Waals surface area (Å²) < 4.78 is 5.27. The van der Waals surface area contributed by atoms with Gasteiger partial charge in [0, 0.05) is 19.2 Å². The number of rotatable bonds is 6. The van der Waals surface area contributed by atoms with Crippen LogP contribution in [0.5, 0.6) is 5.75 Å². The number of hydrogen-bond acceptors (Lipinski definition) is 3. The van der Waals surface area contributed by atoms with Gasteiger partial charge in [-0.05, 0) is 12.5 Å². The molecule has 0 radical (unpaired) electrons. The van der Waals surface area contributed by atoms with E-state index in [4.69, 9.17) is 22.7 Å². The molecule has 104 valence electrons. The molecule has 5 heteroatoms. The quantitative estimate of drug-likeness (QED) is 0.809. The molecule has 19 heavy (non-hydrogen) atoms. The number of benzene rings is 1. The topological polar surface area (TPSA) is 55.6 Å². The predicted molar refractivity (Wildman–Crippen MR) is 80.0 cm³/mol. The van der Waals surface area contributed by atoms with Crippen LogP contribution in [0.3, 0.4) is 0 Å². The van der Waals surface area contributed by atoms with E-state index in [1.165, 1.54) is 0 Å². The summed E-state index contributed by atoms with van der Waals surface area (Å²) in [7, 11) is 3.36. The molecule has 0 aliphatic rings. The zero-order chi connectivity index (χ0) is 14.4. The lowest BCUT2D eigenvalue weighted by Crippen LogP contribution is -2.38. The average molecular weight is 280 g/mol. The molecule has 1 rings (SSSR count). The third kappa shape index (κ3) is 3.92. The van der Waals surface area contributed by atoms with Crippen molar-refractivity contribution in [3.8, 4) is 5.75 Å². The van der Waals surface area contributed by atoms with E-state index in [0.29, 0.717) is 13.0 Å². The van der Waals surface area contributed by atoms with Crippen LogP contribution in [-0.2, 0) is 11.3 Å². The second kappa shape index (κ2) is 7.09. The molecule has 1 aromatic rings. The van der Waals surface area contributed by atoms with Crippen molar-refractivity contribution < 1.29 is 9.53 Å². The molecule has 0 fully saturated rings. The molecule has 2 N–H and O–H groups in total. The third-order valence-electron chi connectivity index (χ3n) is 3.03. The van der Waals surface area contributed by atoms with Gasteiger partial charge in [-0.2, -0.15) is 0 Å². The molecule has 0 heterocycles. The highest BCUT2D eigenvalue weighted by molar-refractivity contribution is 7.80. The number of carbonyl (C=O) groups excluding carboxylic acids is 1. The lowest BCUT2D eigenvalue weighted by molar-refractivity contribution is -0.132. The van der Waals surface area contributed by atoms with Crippen LogP contribution in [0.2, 0.25) is 0 Å². The molecule has 4 nitrogen and oxygen atoms in total. The normalized spacial score (nSPS) is 11.7. The van der Waals surface area contributed by atoms with E-state index in [9.17, 15) is 4.79 Å². The van der Waals surface area contributed by atoms with Gasteiger partial charge in [-0.3, -0.25) is 4.79 Å². The Kier molecular flexibility index (Phi) is 5.76. The zero-order valence-electron chi connectivity index (χ0n) is 11.6. The highest BCUT2D eigenvalue weighted by Crippen LogP contribution is 2.20. The fraction of sp³-hybridized carbons (Fsp3) is 0.429. The molecule has 0 aliphatic heterocycles. The predicted octanol–water partition coefficient (Wildman–Crippen LogP) is 1.97. The van der Waals surface area contributed by atoms with Gasteiger partial charge in [0.15, 0.2) is 0 Å². The fourth-order valence-electron chi connectivity index (χ4n) is 1.93. The molecule has 0 spiro atoms. The van der Waals surface area contributed by atoms with Crippen molar-refractivity contribution in [3.63, 3.8) is 0 Å². The van der Waals surface area contributed by atoms with E-state index in [1.54, 1.807) is 19.1 Å². The summed E-state index contributed by atoms with van der Waals surface area (Å²) in [6, 6.07) is 7.62. The standard InChI is InChI=1S/C14H20N2O2S/c1-4-11(13(15)19)14(17)16(2)9-10-7-5-6-8-12(10)18-3/h5-8,11H,4,9H2,1-3H3,(H2,15,19). The van der Waals surface area contributed by atoms with E-state index in [-0.39, 0.29) is 10.9 Å². The number of nitrogens with zero attached hydrogens (tertiary/aromatic N) is 1. The van der Waals surface area contributed by atoms with Crippen molar-refractivity contribution in [2.45, 2.75) is 19.9 Å². The summed E-state index contributed by atoms with van der Waals surface area (Å²) in [6.07, 6.45) is 0.616. The first-order chi connectivity index (χ1) is 9.01. The van der Waals surface area contributed by atoms with Crippen molar-refractivity contribution in [3.05, 3.63) is 29.8 Å². The minimum absolute atomic E-state index is 0.0547. The number of ether oxygens (including phenoxy) is 1. The van der Waals surface area contributed by atoms with Gasteiger partial charge < -0.3 is 15.4 Å². The fourth-order valence-corrected chi connectivity index (χ4v) is 2.20. The highest BCUT2D eigenvalue weighted by Gasteiger charge is 2.23. The lowest BCUT2D eigenvalue weighted by Gasteiger charge is -2.23. The summed E-state index contributed by atoms with van der Waals surface area (Å²) in [6.45, 7) is 2.38. The number of nitrogens with two attached hydrogens (primary N) is 1. The summed E-state index contributed by atoms with van der Waals surface area (Å²) in [4.78, 5) is 14.1. The Hall–Kier alpha value is -1.62. The number of thiocarbonyl (C=S) groups is 1. The summed E-state index contributed by atoms with van der Waals surface area (Å²) >= 11 is 4.93. The van der Waals surface area contributed by atoms with Gasteiger partial charge >= 0.3 is 0 Å². The molecular formula is C14H20N2O2S. The van der Waals surface area contributed by atoms with Gasteiger partial charge in [0.2, 0.25) is 5.91 Å². The number of methoxy groups -OCH3 is 1. The second-order valence-corrected chi connectivity index (χ2v) is 4.84. The van der Waals surface area contributed by atoms with Crippen molar-refractivity contribution in [1.29, 1.82) is 0 Å². The Morgan fingerprint density at radius 3 is 2.63 bits per heavy atom. The summed E-state index contributed by atoms with van der Waals surface area (Å²) in [5, 5.41) is 0. The SMILES string of the molecule is CCC(C(=O)N(C)Cc1ccccc1OC)C(N)=S. The van der Waals surface area contributed by atoms with Gasteiger partial charge in [-0.25, -0.2) is 0 Å². The molecule has 0 aromatic heterocycles. The Morgan fingerprint density at radius 2 is 2.11 bits per heavy atom. The van der Waals surface area contributed by atoms with Crippen molar-refractivity contribution in [1.82, 2.24) is 4.90 Å². The van der Waals surface area contributed by atoms with Crippen LogP contribution < -0.4 is 10.5 Å². The Morgan fingerprint density at radius 1 is 1.47 bits per heavy atom. The van der Waals surface area contributed by atoms with Crippen LogP contribution in [0.15, 0.2) is 24.3 Å². The van der Waals surface area contributed by atoms with Gasteiger partial charge in [0.1, 0.15) is 5.75 Å². The van der Waals surface area contributed by atoms with Crippen molar-refractivity contribution in [2.24, 2.45) is 11.7 Å². The van der Waals surface area contributed by atoms with Crippen molar-refractivity contribution in [2.75, 3.05) is 14.2 Å². The molecule has 1 unspecified atom stereocenters. The maximum Gasteiger partial charge on any atom is 0.232 e. The minimum Gasteiger partial charge on any atom is -0.496 e. The van der Waals surface area contributed by atoms with E-state index in [2.05, 4.69) is 0 Å². The van der Waals surface area contributed by atoms with E-state index < -0.39 is 5.92 Å². The molecule has 0 aliphatic carbocycles. The number of hydrogen-bond donors (Lipinski definition) is 1. The molecule has 1 aromatic carbocycles. The number of amides is 1. The van der Waals surface area contributed by atoms with Gasteiger partial charge in [-0.1, -0.05) is 37.3 Å². The lowest BCUT2D eigenvalue weighted by atomic mass is 10.0. The average Bonchev–Trinajstić information content (AvgIpc) is 2.39. The molecule has 1 atom stereocenters. The minimum atomic E-state index is -0.394. The van der Waals surface area contributed by atoms with E-state index >= 15 is 0 Å². The van der Waals surface area contributed by atoms with Crippen molar-refractivity contribution >= 4 is 23.1 Å². The first-order valence-electron chi connectivity index (χ1n) is 6.17. The molecular weight excluding hydrogens is 260 g/mol. The Balaban J connectivity index is 2.81. The van der Waals surface area contributed by atoms with Crippen LogP contribution in [0.4, 0.5) is 0 Å². The highest BCUT2D eigenvalue weighted by atomic mass is 32.1. The van der Waals surface area contributed by atoms with Crippen LogP contribution in [-0.4, -0.2) is 30.0 Å². The molecule has 0 bridgehead atoms. The van der Waals surface area contributed by atoms with Crippen LogP contribution in [0.1, 0.15) is 18.9 Å². The zero-order valence-corrected chi connectivity index (χ0v) is 12.4. The molecule has 1 amide bonds. The van der Waals surface area contributed by atoms with E-state index in [1.807, 2.05) is 31.2 Å². The maximum atomic E-state index is 12.2. The third-order valence-corrected chi connectivity index (χ3v) is 3.31. The first-order valence-corrected chi connectivity index (χ1v) is 6.58. The summed E-state index contributed by atoms with van der Waals surface area (Å²) in [5.74, 6) is 0.320.